The van der Waals surface area contributed by atoms with Gasteiger partial charge in [-0.05, 0) is 25.5 Å². The molecule has 2 heterocycles. The maximum absolute atomic E-state index is 8.97. The van der Waals surface area contributed by atoms with Gasteiger partial charge in [0.25, 0.3) is 0 Å². The molecule has 4 heteroatoms. The number of ether oxygens (including phenoxy) is 1. The van der Waals surface area contributed by atoms with Crippen LogP contribution in [0.2, 0.25) is 0 Å². The first-order valence-electron chi connectivity index (χ1n) is 6.27. The molecule has 1 saturated heterocycles. The van der Waals surface area contributed by atoms with Crippen LogP contribution in [0.15, 0.2) is 16.5 Å². The summed E-state index contributed by atoms with van der Waals surface area (Å²) < 4.78 is 11.2. The van der Waals surface area contributed by atoms with Gasteiger partial charge < -0.3 is 14.3 Å². The van der Waals surface area contributed by atoms with Crippen molar-refractivity contribution in [2.75, 3.05) is 13.2 Å². The molecule has 4 nitrogen and oxygen atoms in total. The number of aliphatic hydroxyl groups excluding tert-OH is 1. The van der Waals surface area contributed by atoms with Gasteiger partial charge in [-0.3, -0.25) is 4.90 Å². The van der Waals surface area contributed by atoms with E-state index in [1.807, 2.05) is 12.1 Å². The third-order valence-electron chi connectivity index (χ3n) is 3.28. The van der Waals surface area contributed by atoms with Crippen LogP contribution in [0.3, 0.4) is 0 Å². The highest BCUT2D eigenvalue weighted by atomic mass is 16.5. The smallest absolute Gasteiger partial charge is 0.129 e. The van der Waals surface area contributed by atoms with Crippen molar-refractivity contribution in [1.82, 2.24) is 4.90 Å². The van der Waals surface area contributed by atoms with Crippen LogP contribution in [0, 0.1) is 0 Å². The predicted molar refractivity (Wildman–Crippen MR) is 64.5 cm³/mol. The van der Waals surface area contributed by atoms with Crippen LogP contribution >= 0.6 is 0 Å². The molecule has 96 valence electrons. The topological polar surface area (TPSA) is 45.8 Å². The van der Waals surface area contributed by atoms with Gasteiger partial charge in [0, 0.05) is 12.6 Å². The SMILES string of the molecule is CCC1COC(C)CN1Cc1ccc(CO)o1. The van der Waals surface area contributed by atoms with Crippen LogP contribution in [-0.4, -0.2) is 35.3 Å². The van der Waals surface area contributed by atoms with Crippen molar-refractivity contribution in [2.24, 2.45) is 0 Å². The van der Waals surface area contributed by atoms with E-state index in [0.717, 1.165) is 31.9 Å². The molecule has 0 aromatic carbocycles. The molecule has 0 spiro atoms. The van der Waals surface area contributed by atoms with E-state index < -0.39 is 0 Å². The Morgan fingerprint density at radius 1 is 1.41 bits per heavy atom. The number of nitrogens with zero attached hydrogens (tertiary/aromatic N) is 1. The van der Waals surface area contributed by atoms with Gasteiger partial charge in [-0.1, -0.05) is 6.92 Å². The molecule has 2 atom stereocenters. The summed E-state index contributed by atoms with van der Waals surface area (Å²) in [6.07, 6.45) is 1.37. The molecule has 0 saturated carbocycles. The Bertz CT molecular complexity index is 350. The van der Waals surface area contributed by atoms with Gasteiger partial charge in [-0.15, -0.1) is 0 Å². The minimum Gasteiger partial charge on any atom is -0.462 e. The average Bonchev–Trinajstić information content (AvgIpc) is 2.77. The van der Waals surface area contributed by atoms with Gasteiger partial charge in [0.2, 0.25) is 0 Å². The zero-order chi connectivity index (χ0) is 12.3. The molecular formula is C13H21NO3. The Morgan fingerprint density at radius 3 is 2.82 bits per heavy atom. The molecule has 17 heavy (non-hydrogen) atoms. The highest BCUT2D eigenvalue weighted by molar-refractivity contribution is 5.06. The van der Waals surface area contributed by atoms with Crippen molar-refractivity contribution < 1.29 is 14.3 Å². The summed E-state index contributed by atoms with van der Waals surface area (Å²) in [5.41, 5.74) is 0. The number of hydrogen-bond donors (Lipinski definition) is 1. The van der Waals surface area contributed by atoms with Crippen LogP contribution in [-0.2, 0) is 17.9 Å². The van der Waals surface area contributed by atoms with Crippen molar-refractivity contribution in [1.29, 1.82) is 0 Å². The molecule has 0 aliphatic carbocycles. The van der Waals surface area contributed by atoms with Crippen molar-refractivity contribution in [2.45, 2.75) is 45.6 Å². The van der Waals surface area contributed by atoms with Crippen LogP contribution in [0.5, 0.6) is 0 Å². The molecule has 1 fully saturated rings. The van der Waals surface area contributed by atoms with Gasteiger partial charge in [-0.2, -0.15) is 0 Å². The zero-order valence-electron chi connectivity index (χ0n) is 10.6. The summed E-state index contributed by atoms with van der Waals surface area (Å²) in [7, 11) is 0. The highest BCUT2D eigenvalue weighted by Gasteiger charge is 2.26. The Kier molecular flexibility index (Phi) is 4.20. The fourth-order valence-corrected chi connectivity index (χ4v) is 2.27. The van der Waals surface area contributed by atoms with E-state index in [2.05, 4.69) is 18.7 Å². The third-order valence-corrected chi connectivity index (χ3v) is 3.28. The Hall–Kier alpha value is -0.840. The molecule has 1 aromatic rings. The lowest BCUT2D eigenvalue weighted by atomic mass is 10.1. The molecule has 1 aliphatic rings. The van der Waals surface area contributed by atoms with Gasteiger partial charge in [-0.25, -0.2) is 0 Å². The minimum absolute atomic E-state index is 0.0310. The number of rotatable bonds is 4. The summed E-state index contributed by atoms with van der Waals surface area (Å²) in [6, 6.07) is 4.24. The van der Waals surface area contributed by atoms with E-state index in [9.17, 15) is 0 Å². The van der Waals surface area contributed by atoms with E-state index in [-0.39, 0.29) is 12.7 Å². The fourth-order valence-electron chi connectivity index (χ4n) is 2.27. The van der Waals surface area contributed by atoms with E-state index in [1.165, 1.54) is 0 Å². The minimum atomic E-state index is -0.0310. The summed E-state index contributed by atoms with van der Waals surface area (Å²) in [5.74, 6) is 1.55. The lowest BCUT2D eigenvalue weighted by molar-refractivity contribution is -0.0612. The average molecular weight is 239 g/mol. The molecule has 0 amide bonds. The Morgan fingerprint density at radius 2 is 2.18 bits per heavy atom. The number of aliphatic hydroxyl groups is 1. The molecule has 0 radical (unpaired) electrons. The molecule has 1 aliphatic heterocycles. The van der Waals surface area contributed by atoms with Crippen molar-refractivity contribution >= 4 is 0 Å². The molecule has 2 unspecified atom stereocenters. The number of furan rings is 1. The molecule has 1 N–H and O–H groups in total. The first kappa shape index (κ1) is 12.6. The van der Waals surface area contributed by atoms with Crippen LogP contribution in [0.1, 0.15) is 31.8 Å². The van der Waals surface area contributed by atoms with E-state index >= 15 is 0 Å². The summed E-state index contributed by atoms with van der Waals surface area (Å²) >= 11 is 0. The third kappa shape index (κ3) is 3.09. The number of morpholine rings is 1. The van der Waals surface area contributed by atoms with Crippen molar-refractivity contribution in [3.05, 3.63) is 23.7 Å². The van der Waals surface area contributed by atoms with E-state index in [4.69, 9.17) is 14.3 Å². The second-order valence-corrected chi connectivity index (χ2v) is 4.66. The van der Waals surface area contributed by atoms with Gasteiger partial charge in [0.1, 0.15) is 18.1 Å². The maximum Gasteiger partial charge on any atom is 0.129 e. The van der Waals surface area contributed by atoms with Crippen molar-refractivity contribution in [3.63, 3.8) is 0 Å². The standard InChI is InChI=1S/C13H21NO3/c1-3-11-9-16-10(2)6-14(11)7-12-4-5-13(8-15)17-12/h4-5,10-11,15H,3,6-9H2,1-2H3. The lowest BCUT2D eigenvalue weighted by Crippen LogP contribution is -2.47. The Balaban J connectivity index is 1.99. The Labute approximate surface area is 102 Å². The largest absolute Gasteiger partial charge is 0.462 e. The first-order chi connectivity index (χ1) is 8.22. The summed E-state index contributed by atoms with van der Waals surface area (Å²) in [6.45, 7) is 6.78. The molecule has 2 rings (SSSR count). The van der Waals surface area contributed by atoms with E-state index in [1.54, 1.807) is 0 Å². The first-order valence-corrected chi connectivity index (χ1v) is 6.27. The summed E-state index contributed by atoms with van der Waals surface area (Å²) in [5, 5.41) is 8.97. The second kappa shape index (κ2) is 5.67. The van der Waals surface area contributed by atoms with E-state index in [0.29, 0.717) is 11.8 Å². The van der Waals surface area contributed by atoms with Crippen LogP contribution in [0.4, 0.5) is 0 Å². The molecular weight excluding hydrogens is 218 g/mol. The zero-order valence-corrected chi connectivity index (χ0v) is 10.6. The lowest BCUT2D eigenvalue weighted by Gasteiger charge is -2.37. The van der Waals surface area contributed by atoms with Crippen molar-refractivity contribution in [3.8, 4) is 0 Å². The van der Waals surface area contributed by atoms with Gasteiger partial charge in [0.05, 0.1) is 19.3 Å². The van der Waals surface area contributed by atoms with Crippen LogP contribution in [0.25, 0.3) is 0 Å². The summed E-state index contributed by atoms with van der Waals surface area (Å²) in [4.78, 5) is 2.40. The highest BCUT2D eigenvalue weighted by Crippen LogP contribution is 2.19. The normalized spacial score (nSPS) is 26.3. The fraction of sp³-hybridized carbons (Fsp3) is 0.692. The molecule has 1 aromatic heterocycles. The predicted octanol–water partition coefficient (Wildman–Crippen LogP) is 1.77. The van der Waals surface area contributed by atoms with Gasteiger partial charge in [0.15, 0.2) is 0 Å². The maximum atomic E-state index is 8.97. The second-order valence-electron chi connectivity index (χ2n) is 4.66. The van der Waals surface area contributed by atoms with Gasteiger partial charge >= 0.3 is 0 Å². The van der Waals surface area contributed by atoms with Crippen LogP contribution < -0.4 is 0 Å². The quantitative estimate of drug-likeness (QED) is 0.870. The molecule has 0 bridgehead atoms. The monoisotopic (exact) mass is 239 g/mol. The number of hydrogen-bond acceptors (Lipinski definition) is 4.